The maximum absolute atomic E-state index is 12.9. The number of amides is 2. The average Bonchev–Trinajstić information content (AvgIpc) is 2.68. The molecule has 0 bridgehead atoms. The van der Waals surface area contributed by atoms with Crippen LogP contribution in [-0.2, 0) is 19.1 Å². The maximum Gasteiger partial charge on any atom is 0.347 e. The first-order valence-electron chi connectivity index (χ1n) is 8.68. The first kappa shape index (κ1) is 19.3. The van der Waals surface area contributed by atoms with Crippen molar-refractivity contribution in [1.29, 1.82) is 0 Å². The van der Waals surface area contributed by atoms with E-state index in [4.69, 9.17) is 9.47 Å². The Morgan fingerprint density at radius 2 is 1.75 bits per heavy atom. The summed E-state index contributed by atoms with van der Waals surface area (Å²) in [6, 6.07) is 12.0. The lowest BCUT2D eigenvalue weighted by Gasteiger charge is -2.31. The highest BCUT2D eigenvalue weighted by Gasteiger charge is 2.32. The molecule has 2 amide bonds. The number of hydrogen-bond donors (Lipinski definition) is 1. The van der Waals surface area contributed by atoms with E-state index < -0.39 is 29.9 Å². The molecule has 2 aromatic rings. The van der Waals surface area contributed by atoms with E-state index in [9.17, 15) is 18.8 Å². The van der Waals surface area contributed by atoms with Crippen molar-refractivity contribution in [3.05, 3.63) is 54.3 Å². The summed E-state index contributed by atoms with van der Waals surface area (Å²) in [7, 11) is 0. The smallest absolute Gasteiger partial charge is 0.347 e. The Balaban J connectivity index is 1.64. The van der Waals surface area contributed by atoms with Gasteiger partial charge in [0.05, 0.1) is 11.4 Å². The van der Waals surface area contributed by atoms with Gasteiger partial charge in [0.15, 0.2) is 12.2 Å². The molecule has 2 atom stereocenters. The van der Waals surface area contributed by atoms with E-state index in [-0.39, 0.29) is 12.5 Å². The number of ether oxygens (including phenoxy) is 2. The standard InChI is InChI=1S/C20H19FN2O5/c1-12(28-20(26)13(2)27-15-9-7-14(21)8-10-15)19(25)23-11-18(24)22-16-5-3-4-6-17(16)23/h3-10,12-13H,11H2,1-2H3,(H,22,24)/t12-,13+/m0/s1. The lowest BCUT2D eigenvalue weighted by molar-refractivity contribution is -0.160. The minimum Gasteiger partial charge on any atom is -0.479 e. The highest BCUT2D eigenvalue weighted by molar-refractivity contribution is 6.11. The first-order valence-corrected chi connectivity index (χ1v) is 8.68. The lowest BCUT2D eigenvalue weighted by Crippen LogP contribution is -2.47. The van der Waals surface area contributed by atoms with E-state index in [1.807, 2.05) is 0 Å². The van der Waals surface area contributed by atoms with Crippen molar-refractivity contribution in [2.24, 2.45) is 0 Å². The monoisotopic (exact) mass is 386 g/mol. The Bertz CT molecular complexity index is 900. The van der Waals surface area contributed by atoms with Crippen molar-refractivity contribution >= 4 is 29.2 Å². The van der Waals surface area contributed by atoms with Gasteiger partial charge in [0.1, 0.15) is 18.1 Å². The molecule has 3 rings (SSSR count). The normalized spacial score (nSPS) is 15.1. The van der Waals surface area contributed by atoms with Gasteiger partial charge in [0.2, 0.25) is 5.91 Å². The predicted molar refractivity (Wildman–Crippen MR) is 99.5 cm³/mol. The van der Waals surface area contributed by atoms with Crippen LogP contribution in [0.2, 0.25) is 0 Å². The van der Waals surface area contributed by atoms with Crippen LogP contribution in [0.5, 0.6) is 5.75 Å². The largest absolute Gasteiger partial charge is 0.479 e. The van der Waals surface area contributed by atoms with Gasteiger partial charge in [-0.15, -0.1) is 0 Å². The Labute approximate surface area is 161 Å². The number of carbonyl (C=O) groups is 3. The summed E-state index contributed by atoms with van der Waals surface area (Å²) < 4.78 is 23.5. The molecule has 0 saturated carbocycles. The molecule has 1 aliphatic rings. The van der Waals surface area contributed by atoms with Crippen LogP contribution in [0.4, 0.5) is 15.8 Å². The number of halogens is 1. The van der Waals surface area contributed by atoms with Gasteiger partial charge in [-0.05, 0) is 50.2 Å². The second kappa shape index (κ2) is 8.08. The van der Waals surface area contributed by atoms with Crippen LogP contribution in [0.15, 0.2) is 48.5 Å². The van der Waals surface area contributed by atoms with Crippen LogP contribution in [-0.4, -0.2) is 36.5 Å². The summed E-state index contributed by atoms with van der Waals surface area (Å²) in [5.41, 5.74) is 1.05. The Morgan fingerprint density at radius 3 is 2.46 bits per heavy atom. The molecule has 1 heterocycles. The molecule has 8 heteroatoms. The molecular formula is C20H19FN2O5. The van der Waals surface area contributed by atoms with Crippen molar-refractivity contribution in [3.63, 3.8) is 0 Å². The lowest BCUT2D eigenvalue weighted by atomic mass is 10.1. The van der Waals surface area contributed by atoms with E-state index in [0.717, 1.165) is 0 Å². The molecule has 146 valence electrons. The van der Waals surface area contributed by atoms with Gasteiger partial charge in [-0.1, -0.05) is 12.1 Å². The second-order valence-electron chi connectivity index (χ2n) is 6.28. The fourth-order valence-electron chi connectivity index (χ4n) is 2.74. The third-order valence-corrected chi connectivity index (χ3v) is 4.14. The number of fused-ring (bicyclic) bond motifs is 1. The van der Waals surface area contributed by atoms with Gasteiger partial charge >= 0.3 is 5.97 Å². The van der Waals surface area contributed by atoms with Crippen molar-refractivity contribution in [1.82, 2.24) is 0 Å². The molecule has 1 aliphatic heterocycles. The highest BCUT2D eigenvalue weighted by Crippen LogP contribution is 2.29. The van der Waals surface area contributed by atoms with Crippen LogP contribution >= 0.6 is 0 Å². The molecule has 7 nitrogen and oxygen atoms in total. The Hall–Kier alpha value is -3.42. The molecule has 0 aliphatic carbocycles. The number of benzene rings is 2. The van der Waals surface area contributed by atoms with Crippen molar-refractivity contribution in [3.8, 4) is 5.75 Å². The fourth-order valence-corrected chi connectivity index (χ4v) is 2.74. The summed E-state index contributed by atoms with van der Waals surface area (Å²) in [4.78, 5) is 38.1. The number of para-hydroxylation sites is 2. The second-order valence-corrected chi connectivity index (χ2v) is 6.28. The number of anilines is 2. The van der Waals surface area contributed by atoms with E-state index in [1.54, 1.807) is 24.3 Å². The topological polar surface area (TPSA) is 84.9 Å². The quantitative estimate of drug-likeness (QED) is 0.798. The first-order chi connectivity index (χ1) is 13.3. The summed E-state index contributed by atoms with van der Waals surface area (Å²) in [5, 5.41) is 2.69. The molecule has 0 radical (unpaired) electrons. The van der Waals surface area contributed by atoms with Crippen molar-refractivity contribution < 1.29 is 28.2 Å². The van der Waals surface area contributed by atoms with E-state index >= 15 is 0 Å². The molecule has 0 fully saturated rings. The van der Waals surface area contributed by atoms with Crippen LogP contribution in [0.3, 0.4) is 0 Å². The summed E-state index contributed by atoms with van der Waals surface area (Å²) in [5.74, 6) is -1.73. The van der Waals surface area contributed by atoms with E-state index in [0.29, 0.717) is 17.1 Å². The molecular weight excluding hydrogens is 367 g/mol. The summed E-state index contributed by atoms with van der Waals surface area (Å²) in [6.45, 7) is 2.73. The summed E-state index contributed by atoms with van der Waals surface area (Å²) >= 11 is 0. The van der Waals surface area contributed by atoms with Gasteiger partial charge < -0.3 is 14.8 Å². The molecule has 1 N–H and O–H groups in total. The Kier molecular flexibility index (Phi) is 5.58. The van der Waals surface area contributed by atoms with Gasteiger partial charge in [-0.2, -0.15) is 0 Å². The van der Waals surface area contributed by atoms with Gasteiger partial charge in [-0.25, -0.2) is 9.18 Å². The number of hydrogen-bond acceptors (Lipinski definition) is 5. The Morgan fingerprint density at radius 1 is 1.07 bits per heavy atom. The zero-order chi connectivity index (χ0) is 20.3. The third-order valence-electron chi connectivity index (χ3n) is 4.14. The average molecular weight is 386 g/mol. The number of carbonyl (C=O) groups excluding carboxylic acids is 3. The van der Waals surface area contributed by atoms with Crippen molar-refractivity contribution in [2.45, 2.75) is 26.1 Å². The zero-order valence-corrected chi connectivity index (χ0v) is 15.3. The van der Waals surface area contributed by atoms with Gasteiger partial charge in [0.25, 0.3) is 5.91 Å². The molecule has 0 unspecified atom stereocenters. The van der Waals surface area contributed by atoms with Gasteiger partial charge in [0, 0.05) is 0 Å². The van der Waals surface area contributed by atoms with Crippen LogP contribution < -0.4 is 15.0 Å². The van der Waals surface area contributed by atoms with Crippen LogP contribution in [0, 0.1) is 5.82 Å². The maximum atomic E-state index is 12.9. The van der Waals surface area contributed by atoms with E-state index in [2.05, 4.69) is 5.32 Å². The minimum absolute atomic E-state index is 0.167. The molecule has 0 saturated heterocycles. The van der Waals surface area contributed by atoms with Crippen molar-refractivity contribution in [2.75, 3.05) is 16.8 Å². The highest BCUT2D eigenvalue weighted by atomic mass is 19.1. The fraction of sp³-hybridized carbons (Fsp3) is 0.250. The zero-order valence-electron chi connectivity index (χ0n) is 15.3. The van der Waals surface area contributed by atoms with E-state index in [1.165, 1.54) is 43.0 Å². The molecule has 0 aromatic heterocycles. The number of nitrogens with zero attached hydrogens (tertiary/aromatic N) is 1. The van der Waals surface area contributed by atoms with Crippen LogP contribution in [0.1, 0.15) is 13.8 Å². The van der Waals surface area contributed by atoms with Crippen LogP contribution in [0.25, 0.3) is 0 Å². The summed E-state index contributed by atoms with van der Waals surface area (Å²) in [6.07, 6.45) is -2.12. The SMILES string of the molecule is C[C@H](OC(=O)[C@@H](C)Oc1ccc(F)cc1)C(=O)N1CC(=O)Nc2ccccc21. The molecule has 0 spiro atoms. The molecule has 2 aromatic carbocycles. The van der Waals surface area contributed by atoms with Gasteiger partial charge in [-0.3, -0.25) is 14.5 Å². The molecule has 28 heavy (non-hydrogen) atoms. The third kappa shape index (κ3) is 4.28. The number of esters is 1. The number of nitrogens with one attached hydrogen (secondary N) is 1. The predicted octanol–water partition coefficient (Wildman–Crippen LogP) is 2.51. The minimum atomic E-state index is -1.12. The number of rotatable bonds is 5.